The third-order valence-electron chi connectivity index (χ3n) is 6.15. The number of hydrogen-bond acceptors (Lipinski definition) is 3. The van der Waals surface area contributed by atoms with Crippen LogP contribution in [0.5, 0.6) is 0 Å². The number of carbonyl (C=O) groups is 1. The van der Waals surface area contributed by atoms with Gasteiger partial charge in [-0.25, -0.2) is 0 Å². The Morgan fingerprint density at radius 1 is 1.21 bits per heavy atom. The zero-order valence-electron chi connectivity index (χ0n) is 16.7. The molecule has 3 nitrogen and oxygen atoms in total. The van der Waals surface area contributed by atoms with Gasteiger partial charge in [-0.15, -0.1) is 0 Å². The first-order chi connectivity index (χ1) is 14.0. The smallest absolute Gasteiger partial charge is 0.167 e. The summed E-state index contributed by atoms with van der Waals surface area (Å²) in [4.78, 5) is 17.5. The predicted octanol–water partition coefficient (Wildman–Crippen LogP) is 5.85. The van der Waals surface area contributed by atoms with Crippen molar-refractivity contribution in [1.82, 2.24) is 4.98 Å². The maximum absolute atomic E-state index is 12.8. The number of benzene rings is 1. The van der Waals surface area contributed by atoms with Crippen LogP contribution in [0.2, 0.25) is 5.02 Å². The molecule has 2 aromatic rings. The van der Waals surface area contributed by atoms with Crippen molar-refractivity contribution in [2.24, 2.45) is 0 Å². The Hall–Kier alpha value is -2.65. The molecule has 0 radical (unpaired) electrons. The SMILES string of the molecule is CC1=CCC(/C=C2\C(=O)Cc3c(Cl)cc(-c4cnc5c(c4C)NCCC5)cc32)=C1. The van der Waals surface area contributed by atoms with Gasteiger partial charge in [-0.1, -0.05) is 29.3 Å². The van der Waals surface area contributed by atoms with Crippen LogP contribution in [0.4, 0.5) is 5.69 Å². The number of halogens is 1. The van der Waals surface area contributed by atoms with E-state index in [-0.39, 0.29) is 5.78 Å². The quantitative estimate of drug-likeness (QED) is 0.640. The number of hydrogen-bond donors (Lipinski definition) is 1. The van der Waals surface area contributed by atoms with Crippen molar-refractivity contribution in [3.8, 4) is 11.1 Å². The van der Waals surface area contributed by atoms with Crippen LogP contribution in [0.1, 0.15) is 42.1 Å². The third-order valence-corrected chi connectivity index (χ3v) is 6.48. The Kier molecular flexibility index (Phi) is 4.44. The van der Waals surface area contributed by atoms with Gasteiger partial charge in [0, 0.05) is 35.3 Å². The van der Waals surface area contributed by atoms with Crippen molar-refractivity contribution >= 4 is 28.6 Å². The first-order valence-corrected chi connectivity index (χ1v) is 10.6. The van der Waals surface area contributed by atoms with E-state index in [2.05, 4.69) is 37.4 Å². The molecule has 0 saturated heterocycles. The number of fused-ring (bicyclic) bond motifs is 2. The van der Waals surface area contributed by atoms with E-state index >= 15 is 0 Å². The molecule has 5 rings (SSSR count). The Bertz CT molecular complexity index is 1150. The van der Waals surface area contributed by atoms with Crippen LogP contribution in [0.3, 0.4) is 0 Å². The van der Waals surface area contributed by atoms with Gasteiger partial charge < -0.3 is 5.32 Å². The molecular weight excluding hydrogens is 380 g/mol. The molecule has 0 saturated carbocycles. The summed E-state index contributed by atoms with van der Waals surface area (Å²) in [6.07, 6.45) is 11.7. The number of aromatic nitrogens is 1. The molecule has 4 heteroatoms. The third kappa shape index (κ3) is 3.14. The van der Waals surface area contributed by atoms with Gasteiger partial charge in [-0.3, -0.25) is 9.78 Å². The highest BCUT2D eigenvalue weighted by atomic mass is 35.5. The van der Waals surface area contributed by atoms with Gasteiger partial charge in [-0.05, 0) is 79.1 Å². The van der Waals surface area contributed by atoms with E-state index < -0.39 is 0 Å². The van der Waals surface area contributed by atoms with Crippen LogP contribution in [-0.4, -0.2) is 17.3 Å². The second-order valence-electron chi connectivity index (χ2n) is 8.16. The zero-order chi connectivity index (χ0) is 20.1. The summed E-state index contributed by atoms with van der Waals surface area (Å²) in [5.74, 6) is 0.145. The number of carbonyl (C=O) groups excluding carboxylic acids is 1. The Morgan fingerprint density at radius 2 is 2.07 bits per heavy atom. The van der Waals surface area contributed by atoms with Crippen LogP contribution >= 0.6 is 11.6 Å². The standard InChI is InChI=1S/C25H23ClN2O/c1-14-5-6-16(8-14)9-20-18-10-17(11-22(26)19(18)12-24(20)29)21-13-28-23-4-3-7-27-25(23)15(21)2/h5,8-11,13,27H,3-4,6-7,12H2,1-2H3/b20-9-. The lowest BCUT2D eigenvalue weighted by molar-refractivity contribution is -0.112. The van der Waals surface area contributed by atoms with Crippen LogP contribution in [0.15, 0.2) is 47.7 Å². The monoisotopic (exact) mass is 402 g/mol. The number of ketones is 1. The zero-order valence-corrected chi connectivity index (χ0v) is 17.5. The van der Waals surface area contributed by atoms with Crippen molar-refractivity contribution in [1.29, 1.82) is 0 Å². The lowest BCUT2D eigenvalue weighted by Gasteiger charge is -2.21. The first-order valence-electron chi connectivity index (χ1n) is 10.2. The first kappa shape index (κ1) is 18.4. The molecule has 0 fully saturated rings. The van der Waals surface area contributed by atoms with Crippen LogP contribution in [-0.2, 0) is 17.6 Å². The summed E-state index contributed by atoms with van der Waals surface area (Å²) in [6, 6.07) is 4.10. The van der Waals surface area contributed by atoms with Gasteiger partial charge in [0.25, 0.3) is 0 Å². The second kappa shape index (κ2) is 7.00. The normalized spacial score (nSPS) is 19.0. The molecule has 0 unspecified atom stereocenters. The van der Waals surface area contributed by atoms with Crippen molar-refractivity contribution in [3.05, 3.63) is 75.1 Å². The molecule has 3 aliphatic rings. The van der Waals surface area contributed by atoms with Crippen molar-refractivity contribution < 1.29 is 4.79 Å². The molecule has 0 bridgehead atoms. The number of aryl methyl sites for hydroxylation is 1. The van der Waals surface area contributed by atoms with Gasteiger partial charge in [-0.2, -0.15) is 0 Å². The number of nitrogens with zero attached hydrogens (tertiary/aromatic N) is 1. The van der Waals surface area contributed by atoms with E-state index in [1.165, 1.54) is 16.7 Å². The molecule has 0 spiro atoms. The minimum absolute atomic E-state index is 0.145. The predicted molar refractivity (Wildman–Crippen MR) is 119 cm³/mol. The summed E-state index contributed by atoms with van der Waals surface area (Å²) in [7, 11) is 0. The average Bonchev–Trinajstić information content (AvgIpc) is 3.26. The summed E-state index contributed by atoms with van der Waals surface area (Å²) in [5, 5.41) is 4.16. The van der Waals surface area contributed by atoms with Gasteiger partial charge >= 0.3 is 0 Å². The minimum Gasteiger partial charge on any atom is -0.383 e. The second-order valence-corrected chi connectivity index (χ2v) is 8.57. The number of allylic oxidation sites excluding steroid dienone is 6. The van der Waals surface area contributed by atoms with E-state index in [1.54, 1.807) is 0 Å². The topological polar surface area (TPSA) is 42.0 Å². The van der Waals surface area contributed by atoms with E-state index in [1.807, 2.05) is 18.3 Å². The molecule has 2 heterocycles. The minimum atomic E-state index is 0.145. The van der Waals surface area contributed by atoms with Crippen molar-refractivity contribution in [2.45, 2.75) is 39.5 Å². The molecule has 29 heavy (non-hydrogen) atoms. The number of anilines is 1. The maximum Gasteiger partial charge on any atom is 0.167 e. The molecule has 1 aromatic carbocycles. The fourth-order valence-corrected chi connectivity index (χ4v) is 4.88. The fourth-order valence-electron chi connectivity index (χ4n) is 4.59. The largest absolute Gasteiger partial charge is 0.383 e. The van der Waals surface area contributed by atoms with E-state index in [0.717, 1.165) is 65.0 Å². The summed E-state index contributed by atoms with van der Waals surface area (Å²) in [6.45, 7) is 5.20. The summed E-state index contributed by atoms with van der Waals surface area (Å²) in [5.41, 5.74) is 10.7. The Balaban J connectivity index is 1.62. The molecule has 0 atom stereocenters. The lowest BCUT2D eigenvalue weighted by Crippen LogP contribution is -2.14. The van der Waals surface area contributed by atoms with Crippen molar-refractivity contribution in [3.63, 3.8) is 0 Å². The number of pyridine rings is 1. The van der Waals surface area contributed by atoms with Crippen LogP contribution in [0.25, 0.3) is 16.7 Å². The van der Waals surface area contributed by atoms with E-state index in [4.69, 9.17) is 16.6 Å². The highest BCUT2D eigenvalue weighted by molar-refractivity contribution is 6.35. The van der Waals surface area contributed by atoms with E-state index in [9.17, 15) is 4.79 Å². The number of Topliss-reactive ketones (excluding diaryl/α,β-unsaturated/α-hetero) is 1. The average molecular weight is 403 g/mol. The van der Waals surface area contributed by atoms with Gasteiger partial charge in [0.15, 0.2) is 5.78 Å². The fraction of sp³-hybridized carbons (Fsp3) is 0.280. The van der Waals surface area contributed by atoms with Gasteiger partial charge in [0.05, 0.1) is 11.4 Å². The molecule has 146 valence electrons. The maximum atomic E-state index is 12.8. The van der Waals surface area contributed by atoms with Gasteiger partial charge in [0.2, 0.25) is 0 Å². The van der Waals surface area contributed by atoms with E-state index in [0.29, 0.717) is 11.4 Å². The molecular formula is C25H23ClN2O. The Morgan fingerprint density at radius 3 is 2.86 bits per heavy atom. The number of rotatable bonds is 2. The Labute approximate surface area is 176 Å². The molecule has 1 N–H and O–H groups in total. The highest BCUT2D eigenvalue weighted by Crippen LogP contribution is 2.41. The summed E-state index contributed by atoms with van der Waals surface area (Å²) >= 11 is 6.65. The molecule has 1 aromatic heterocycles. The summed E-state index contributed by atoms with van der Waals surface area (Å²) < 4.78 is 0. The molecule has 2 aliphatic carbocycles. The number of nitrogens with one attached hydrogen (secondary N) is 1. The van der Waals surface area contributed by atoms with Crippen LogP contribution < -0.4 is 5.32 Å². The lowest BCUT2D eigenvalue weighted by atomic mass is 9.94. The highest BCUT2D eigenvalue weighted by Gasteiger charge is 2.28. The molecule has 1 aliphatic heterocycles. The van der Waals surface area contributed by atoms with Crippen molar-refractivity contribution in [2.75, 3.05) is 11.9 Å². The van der Waals surface area contributed by atoms with Crippen LogP contribution in [0, 0.1) is 6.92 Å². The molecule has 0 amide bonds. The van der Waals surface area contributed by atoms with Gasteiger partial charge in [0.1, 0.15) is 0 Å².